The van der Waals surface area contributed by atoms with Crippen LogP contribution in [-0.2, 0) is 9.59 Å². The molecule has 0 atom stereocenters. The van der Waals surface area contributed by atoms with Crippen molar-refractivity contribution in [2.45, 2.75) is 0 Å². The van der Waals surface area contributed by atoms with E-state index in [1.165, 1.54) is 24.3 Å². The van der Waals surface area contributed by atoms with Gasteiger partial charge in [-0.25, -0.2) is 4.39 Å². The van der Waals surface area contributed by atoms with Crippen LogP contribution in [0.3, 0.4) is 0 Å². The van der Waals surface area contributed by atoms with Gasteiger partial charge in [0.2, 0.25) is 0 Å². The van der Waals surface area contributed by atoms with Crippen LogP contribution in [0.25, 0.3) is 11.8 Å². The molecule has 1 aromatic heterocycles. The average Bonchev–Trinajstić information content (AvgIpc) is 3.14. The second-order valence-electron chi connectivity index (χ2n) is 6.22. The number of carbonyl (C=O) groups is 2. The Labute approximate surface area is 176 Å². The molecule has 0 unspecified atom stereocenters. The summed E-state index contributed by atoms with van der Waals surface area (Å²) in [4.78, 5) is 26.6. The lowest BCUT2D eigenvalue weighted by molar-refractivity contribution is -0.122. The zero-order valence-electron chi connectivity index (χ0n) is 14.8. The maximum atomic E-state index is 13.6. The monoisotopic (exact) mass is 425 g/mol. The molecule has 4 rings (SSSR count). The lowest BCUT2D eigenvalue weighted by atomic mass is 10.1. The zero-order chi connectivity index (χ0) is 20.5. The van der Waals surface area contributed by atoms with E-state index in [1.54, 1.807) is 36.5 Å². The summed E-state index contributed by atoms with van der Waals surface area (Å²) < 4.78 is 15.4. The number of thiocarbonyl (C=S) groups is 1. The quantitative estimate of drug-likeness (QED) is 0.390. The molecule has 144 valence electrons. The molecule has 1 saturated heterocycles. The normalized spacial score (nSPS) is 15.7. The van der Waals surface area contributed by atoms with Crippen LogP contribution in [-0.4, -0.2) is 21.5 Å². The summed E-state index contributed by atoms with van der Waals surface area (Å²) in [6, 6.07) is 16.1. The largest absolute Gasteiger partial charge is 0.317 e. The summed E-state index contributed by atoms with van der Waals surface area (Å²) in [5, 5.41) is 2.99. The summed E-state index contributed by atoms with van der Waals surface area (Å²) in [7, 11) is 0. The van der Waals surface area contributed by atoms with E-state index in [0.717, 1.165) is 10.6 Å². The first-order chi connectivity index (χ1) is 13.9. The first kappa shape index (κ1) is 19.0. The molecule has 2 heterocycles. The van der Waals surface area contributed by atoms with E-state index in [4.69, 9.17) is 23.8 Å². The molecule has 0 saturated carbocycles. The van der Waals surface area contributed by atoms with E-state index in [0.29, 0.717) is 10.7 Å². The Morgan fingerprint density at radius 3 is 2.48 bits per heavy atom. The topological polar surface area (TPSA) is 54.3 Å². The first-order valence-corrected chi connectivity index (χ1v) is 9.33. The van der Waals surface area contributed by atoms with Crippen molar-refractivity contribution < 1.29 is 14.0 Å². The van der Waals surface area contributed by atoms with Gasteiger partial charge in [-0.1, -0.05) is 17.7 Å². The predicted molar refractivity (Wildman–Crippen MR) is 113 cm³/mol. The minimum Gasteiger partial charge on any atom is -0.317 e. The highest BCUT2D eigenvalue weighted by Crippen LogP contribution is 2.24. The third-order valence-electron chi connectivity index (χ3n) is 4.35. The van der Waals surface area contributed by atoms with Gasteiger partial charge in [-0.15, -0.1) is 0 Å². The van der Waals surface area contributed by atoms with E-state index < -0.39 is 17.6 Å². The van der Waals surface area contributed by atoms with Crippen LogP contribution in [0.5, 0.6) is 0 Å². The molecule has 0 radical (unpaired) electrons. The van der Waals surface area contributed by atoms with Crippen molar-refractivity contribution in [1.82, 2.24) is 9.88 Å². The molecule has 1 N–H and O–H groups in total. The van der Waals surface area contributed by atoms with Gasteiger partial charge in [-0.2, -0.15) is 0 Å². The number of hydrogen-bond acceptors (Lipinski definition) is 3. The van der Waals surface area contributed by atoms with Gasteiger partial charge in [0.15, 0.2) is 5.11 Å². The molecule has 29 heavy (non-hydrogen) atoms. The molecule has 1 aliphatic rings. The first-order valence-electron chi connectivity index (χ1n) is 8.54. The molecule has 2 amide bonds. The summed E-state index contributed by atoms with van der Waals surface area (Å²) in [5.41, 5.74) is 1.54. The molecule has 0 bridgehead atoms. The molecule has 3 aromatic rings. The summed E-state index contributed by atoms with van der Waals surface area (Å²) in [6.45, 7) is 0. The Kier molecular flexibility index (Phi) is 5.00. The number of hydrogen-bond donors (Lipinski definition) is 1. The van der Waals surface area contributed by atoms with Gasteiger partial charge < -0.3 is 4.57 Å². The minimum atomic E-state index is -0.631. The Balaban J connectivity index is 1.75. The molecule has 0 aliphatic carbocycles. The van der Waals surface area contributed by atoms with Gasteiger partial charge in [0.25, 0.3) is 11.8 Å². The standard InChI is InChI=1S/C21H13ClFN3O2S/c22-13-6-8-15(9-7-13)25-10-2-5-16(25)12-18-19(27)24-21(29)26(20(18)28)17-4-1-3-14(23)11-17/h1-12H,(H,24,27,29)/b18-12+. The molecule has 8 heteroatoms. The van der Waals surface area contributed by atoms with Crippen LogP contribution in [0.4, 0.5) is 10.1 Å². The van der Waals surface area contributed by atoms with Crippen molar-refractivity contribution in [2.24, 2.45) is 0 Å². The summed E-state index contributed by atoms with van der Waals surface area (Å²) in [6.07, 6.45) is 3.27. The average molecular weight is 426 g/mol. The fourth-order valence-electron chi connectivity index (χ4n) is 3.00. The van der Waals surface area contributed by atoms with Gasteiger partial charge in [0.05, 0.1) is 5.69 Å². The molecular weight excluding hydrogens is 413 g/mol. The van der Waals surface area contributed by atoms with Crippen LogP contribution in [0.1, 0.15) is 5.69 Å². The summed E-state index contributed by atoms with van der Waals surface area (Å²) in [5.74, 6) is -1.76. The third-order valence-corrected chi connectivity index (χ3v) is 4.88. The second kappa shape index (κ2) is 7.62. The maximum Gasteiger partial charge on any atom is 0.270 e. The summed E-state index contributed by atoms with van der Waals surface area (Å²) >= 11 is 11.1. The van der Waals surface area contributed by atoms with Crippen molar-refractivity contribution in [2.75, 3.05) is 4.90 Å². The van der Waals surface area contributed by atoms with Gasteiger partial charge in [0.1, 0.15) is 11.4 Å². The van der Waals surface area contributed by atoms with Crippen molar-refractivity contribution in [3.8, 4) is 5.69 Å². The van der Waals surface area contributed by atoms with Crippen LogP contribution in [0.2, 0.25) is 5.02 Å². The van der Waals surface area contributed by atoms with Crippen molar-refractivity contribution in [3.05, 3.63) is 89.0 Å². The van der Waals surface area contributed by atoms with Crippen molar-refractivity contribution >= 4 is 52.5 Å². The Hall–Kier alpha value is -3.29. The number of anilines is 1. The Bertz CT molecular complexity index is 1170. The highest BCUT2D eigenvalue weighted by Gasteiger charge is 2.34. The minimum absolute atomic E-state index is 0.101. The van der Waals surface area contributed by atoms with Crippen LogP contribution < -0.4 is 10.2 Å². The molecule has 2 aromatic carbocycles. The molecular formula is C21H13ClFN3O2S. The molecule has 5 nitrogen and oxygen atoms in total. The molecule has 1 fully saturated rings. The third kappa shape index (κ3) is 3.70. The number of rotatable bonds is 3. The van der Waals surface area contributed by atoms with E-state index in [1.807, 2.05) is 16.7 Å². The highest BCUT2D eigenvalue weighted by molar-refractivity contribution is 7.80. The SMILES string of the molecule is O=C1NC(=S)N(c2cccc(F)c2)C(=O)/C1=C/c1cccn1-c1ccc(Cl)cc1. The number of carbonyl (C=O) groups excluding carboxylic acids is 2. The number of halogens is 2. The van der Waals surface area contributed by atoms with E-state index >= 15 is 0 Å². The fraction of sp³-hybridized carbons (Fsp3) is 0. The fourth-order valence-corrected chi connectivity index (χ4v) is 3.41. The predicted octanol–water partition coefficient (Wildman–Crippen LogP) is 4.10. The van der Waals surface area contributed by atoms with Gasteiger partial charge in [-0.05, 0) is 72.9 Å². The van der Waals surface area contributed by atoms with Gasteiger partial charge in [0, 0.05) is 22.6 Å². The van der Waals surface area contributed by atoms with E-state index in [-0.39, 0.29) is 16.4 Å². The maximum absolute atomic E-state index is 13.6. The number of amides is 2. The van der Waals surface area contributed by atoms with Crippen molar-refractivity contribution in [1.29, 1.82) is 0 Å². The zero-order valence-corrected chi connectivity index (χ0v) is 16.4. The lowest BCUT2D eigenvalue weighted by Crippen LogP contribution is -2.54. The number of nitrogens with zero attached hydrogens (tertiary/aromatic N) is 2. The molecule has 0 spiro atoms. The van der Waals surface area contributed by atoms with Crippen molar-refractivity contribution in [3.63, 3.8) is 0 Å². The van der Waals surface area contributed by atoms with Gasteiger partial charge >= 0.3 is 0 Å². The Morgan fingerprint density at radius 1 is 1.00 bits per heavy atom. The number of benzene rings is 2. The van der Waals surface area contributed by atoms with Crippen LogP contribution >= 0.6 is 23.8 Å². The lowest BCUT2D eigenvalue weighted by Gasteiger charge is -2.29. The van der Waals surface area contributed by atoms with Crippen LogP contribution in [0.15, 0.2) is 72.4 Å². The number of nitrogens with one attached hydrogen (secondary N) is 1. The highest BCUT2D eigenvalue weighted by atomic mass is 35.5. The van der Waals surface area contributed by atoms with Gasteiger partial charge in [-0.3, -0.25) is 19.8 Å². The second-order valence-corrected chi connectivity index (χ2v) is 7.04. The van der Waals surface area contributed by atoms with E-state index in [2.05, 4.69) is 5.32 Å². The number of aromatic nitrogens is 1. The smallest absolute Gasteiger partial charge is 0.270 e. The van der Waals surface area contributed by atoms with E-state index in [9.17, 15) is 14.0 Å². The Morgan fingerprint density at radius 2 is 1.76 bits per heavy atom. The molecule has 1 aliphatic heterocycles. The van der Waals surface area contributed by atoms with Crippen LogP contribution in [0, 0.1) is 5.82 Å².